The number of fused-ring (bicyclic) bond motifs is 7. The lowest BCUT2D eigenvalue weighted by molar-refractivity contribution is 1.18. The Hall–Kier alpha value is -6.24. The van der Waals surface area contributed by atoms with Gasteiger partial charge in [0.05, 0.1) is 0 Å². The Kier molecular flexibility index (Phi) is 6.57. The maximum Gasteiger partial charge on any atom is -0.00201 e. The van der Waals surface area contributed by atoms with Crippen LogP contribution in [0.1, 0.15) is 12.5 Å². The first-order valence-corrected chi connectivity index (χ1v) is 17.7. The van der Waals surface area contributed by atoms with Crippen molar-refractivity contribution in [2.75, 3.05) is 0 Å². The highest BCUT2D eigenvalue weighted by Gasteiger charge is 2.19. The molecule has 0 saturated heterocycles. The Balaban J connectivity index is 1.22. The fraction of sp³-hybridized carbons (Fsp3) is 0.0400. The molecule has 50 heavy (non-hydrogen) atoms. The molecule has 0 atom stereocenters. The van der Waals surface area contributed by atoms with Gasteiger partial charge in [-0.1, -0.05) is 177 Å². The first-order chi connectivity index (χ1) is 24.8. The smallest absolute Gasteiger partial charge is 0.00201 e. The van der Waals surface area contributed by atoms with Gasteiger partial charge in [-0.25, -0.2) is 0 Å². The third kappa shape index (κ3) is 4.32. The number of rotatable bonds is 4. The second-order valence-corrected chi connectivity index (χ2v) is 13.4. The SMILES string of the molecule is CCc1c2ccccc2cc2c1ccc1c(-c3c4ccccc4c(-c4ccc(-c5cccc6ccccc56)cc4)c4ccccc34)cccc12. The molecule has 0 heterocycles. The zero-order valence-corrected chi connectivity index (χ0v) is 28.0. The van der Waals surface area contributed by atoms with Crippen molar-refractivity contribution >= 4 is 64.6 Å². The van der Waals surface area contributed by atoms with Crippen LogP contribution in [0.25, 0.3) is 98.0 Å². The van der Waals surface area contributed by atoms with Gasteiger partial charge < -0.3 is 0 Å². The summed E-state index contributed by atoms with van der Waals surface area (Å²) in [5.41, 5.74) is 9.02. The van der Waals surface area contributed by atoms with Crippen LogP contribution in [0, 0.1) is 0 Å². The molecule has 0 aliphatic carbocycles. The normalized spacial score (nSPS) is 11.8. The van der Waals surface area contributed by atoms with E-state index >= 15 is 0 Å². The van der Waals surface area contributed by atoms with Crippen LogP contribution in [0.3, 0.4) is 0 Å². The summed E-state index contributed by atoms with van der Waals surface area (Å²) in [6.45, 7) is 2.28. The number of benzene rings is 10. The van der Waals surface area contributed by atoms with Crippen LogP contribution in [0.2, 0.25) is 0 Å². The van der Waals surface area contributed by atoms with Crippen molar-refractivity contribution in [3.8, 4) is 33.4 Å². The quantitative estimate of drug-likeness (QED) is 0.133. The maximum absolute atomic E-state index is 2.40. The summed E-state index contributed by atoms with van der Waals surface area (Å²) in [4.78, 5) is 0. The largest absolute Gasteiger partial charge is 0.0616 e. The molecule has 0 spiro atoms. The molecule has 10 aromatic rings. The summed E-state index contributed by atoms with van der Waals surface area (Å²) < 4.78 is 0. The van der Waals surface area contributed by atoms with Gasteiger partial charge in [-0.3, -0.25) is 0 Å². The van der Waals surface area contributed by atoms with Crippen LogP contribution >= 0.6 is 0 Å². The van der Waals surface area contributed by atoms with Crippen LogP contribution in [0.15, 0.2) is 176 Å². The highest BCUT2D eigenvalue weighted by atomic mass is 14.2. The Bertz CT molecular complexity index is 2880. The molecule has 0 fully saturated rings. The molecule has 234 valence electrons. The van der Waals surface area contributed by atoms with E-state index in [1.54, 1.807) is 0 Å². The summed E-state index contributed by atoms with van der Waals surface area (Å²) in [5.74, 6) is 0. The average molecular weight is 635 g/mol. The highest BCUT2D eigenvalue weighted by molar-refractivity contribution is 6.25. The molecule has 10 rings (SSSR count). The molecule has 0 heteroatoms. The molecule has 0 saturated carbocycles. The summed E-state index contributed by atoms with van der Waals surface area (Å²) >= 11 is 0. The first kappa shape index (κ1) is 28.7. The lowest BCUT2D eigenvalue weighted by atomic mass is 9.83. The molecule has 0 radical (unpaired) electrons. The van der Waals surface area contributed by atoms with E-state index in [0.29, 0.717) is 0 Å². The maximum atomic E-state index is 2.40. The van der Waals surface area contributed by atoms with Gasteiger partial charge in [0.2, 0.25) is 0 Å². The van der Waals surface area contributed by atoms with Gasteiger partial charge in [-0.15, -0.1) is 0 Å². The molecule has 0 bridgehead atoms. The number of hydrogen-bond acceptors (Lipinski definition) is 0. The van der Waals surface area contributed by atoms with Crippen molar-refractivity contribution in [2.45, 2.75) is 13.3 Å². The lowest BCUT2D eigenvalue weighted by Crippen LogP contribution is -1.93. The first-order valence-electron chi connectivity index (χ1n) is 17.7. The molecule has 0 N–H and O–H groups in total. The lowest BCUT2D eigenvalue weighted by Gasteiger charge is -2.20. The van der Waals surface area contributed by atoms with Gasteiger partial charge in [0.1, 0.15) is 0 Å². The molecule has 0 aliphatic rings. The summed E-state index contributed by atoms with van der Waals surface area (Å²) in [6, 6.07) is 65.3. The molecular formula is C50H34. The molecule has 0 aromatic heterocycles. The third-order valence-electron chi connectivity index (χ3n) is 10.8. The minimum absolute atomic E-state index is 1.00. The molecule has 0 nitrogen and oxygen atoms in total. The van der Waals surface area contributed by atoms with E-state index in [9.17, 15) is 0 Å². The van der Waals surface area contributed by atoms with Crippen molar-refractivity contribution in [3.63, 3.8) is 0 Å². The second kappa shape index (κ2) is 11.4. The van der Waals surface area contributed by atoms with E-state index < -0.39 is 0 Å². The summed E-state index contributed by atoms with van der Waals surface area (Å²) in [7, 11) is 0. The van der Waals surface area contributed by atoms with E-state index in [1.165, 1.54) is 104 Å². The molecular weight excluding hydrogens is 601 g/mol. The summed E-state index contributed by atoms with van der Waals surface area (Å²) in [6.07, 6.45) is 1.00. The van der Waals surface area contributed by atoms with Crippen molar-refractivity contribution in [2.24, 2.45) is 0 Å². The highest BCUT2D eigenvalue weighted by Crippen LogP contribution is 2.46. The minimum atomic E-state index is 1.00. The van der Waals surface area contributed by atoms with Gasteiger partial charge in [-0.05, 0) is 116 Å². The third-order valence-corrected chi connectivity index (χ3v) is 10.8. The van der Waals surface area contributed by atoms with E-state index in [0.717, 1.165) is 6.42 Å². The second-order valence-electron chi connectivity index (χ2n) is 13.4. The van der Waals surface area contributed by atoms with Crippen LogP contribution in [0.5, 0.6) is 0 Å². The minimum Gasteiger partial charge on any atom is -0.0616 e. The number of aryl methyl sites for hydroxylation is 1. The fourth-order valence-corrected chi connectivity index (χ4v) is 8.62. The Labute approximate surface area is 291 Å². The topological polar surface area (TPSA) is 0 Å². The Morgan fingerprint density at radius 3 is 1.50 bits per heavy atom. The van der Waals surface area contributed by atoms with Crippen molar-refractivity contribution < 1.29 is 0 Å². The van der Waals surface area contributed by atoms with Gasteiger partial charge in [0.15, 0.2) is 0 Å². The van der Waals surface area contributed by atoms with E-state index in [1.807, 2.05) is 0 Å². The fourth-order valence-electron chi connectivity index (χ4n) is 8.62. The van der Waals surface area contributed by atoms with Crippen LogP contribution in [-0.4, -0.2) is 0 Å². The average Bonchev–Trinajstić information content (AvgIpc) is 3.18. The van der Waals surface area contributed by atoms with Crippen LogP contribution in [0.4, 0.5) is 0 Å². The van der Waals surface area contributed by atoms with Crippen molar-refractivity contribution in [3.05, 3.63) is 181 Å². The molecule has 10 aromatic carbocycles. The molecule has 0 amide bonds. The van der Waals surface area contributed by atoms with Crippen molar-refractivity contribution in [1.82, 2.24) is 0 Å². The Morgan fingerprint density at radius 2 is 0.800 bits per heavy atom. The molecule has 0 unspecified atom stereocenters. The van der Waals surface area contributed by atoms with Crippen LogP contribution < -0.4 is 0 Å². The predicted octanol–water partition coefficient (Wildman–Crippen LogP) is 14.2. The monoisotopic (exact) mass is 634 g/mol. The number of hydrogen-bond donors (Lipinski definition) is 0. The van der Waals surface area contributed by atoms with Gasteiger partial charge >= 0.3 is 0 Å². The van der Waals surface area contributed by atoms with Crippen LogP contribution in [-0.2, 0) is 6.42 Å². The zero-order chi connectivity index (χ0) is 33.2. The van der Waals surface area contributed by atoms with E-state index in [2.05, 4.69) is 183 Å². The standard InChI is InChI=1S/C50H34/c1-2-36-39-17-6-4-14-35(39)31-48-40-23-12-24-43(42(40)30-29-41(36)48)50-46-20-9-7-18-44(46)49(45-19-8-10-21-47(45)50)34-27-25-33(26-28-34)38-22-11-15-32-13-3-5-16-37(32)38/h3-31H,2H2,1H3. The predicted molar refractivity (Wildman–Crippen MR) is 217 cm³/mol. The summed E-state index contributed by atoms with van der Waals surface area (Å²) in [5, 5.41) is 15.6. The molecule has 0 aliphatic heterocycles. The van der Waals surface area contributed by atoms with Gasteiger partial charge in [0, 0.05) is 0 Å². The zero-order valence-electron chi connectivity index (χ0n) is 28.0. The van der Waals surface area contributed by atoms with E-state index in [-0.39, 0.29) is 0 Å². The van der Waals surface area contributed by atoms with Gasteiger partial charge in [0.25, 0.3) is 0 Å². The van der Waals surface area contributed by atoms with Gasteiger partial charge in [-0.2, -0.15) is 0 Å². The Morgan fingerprint density at radius 1 is 0.300 bits per heavy atom. The van der Waals surface area contributed by atoms with Crippen molar-refractivity contribution in [1.29, 1.82) is 0 Å². The van der Waals surface area contributed by atoms with E-state index in [4.69, 9.17) is 0 Å².